The first-order chi connectivity index (χ1) is 13.9. The number of likely N-dealkylation sites (tertiary alicyclic amines) is 1. The van der Waals surface area contributed by atoms with Gasteiger partial charge in [0.1, 0.15) is 6.04 Å². The van der Waals surface area contributed by atoms with Crippen LogP contribution < -0.4 is 21.3 Å². The van der Waals surface area contributed by atoms with E-state index in [4.69, 9.17) is 5.73 Å². The maximum absolute atomic E-state index is 13.9. The van der Waals surface area contributed by atoms with Gasteiger partial charge < -0.3 is 20.4 Å². The highest BCUT2D eigenvalue weighted by Crippen LogP contribution is 2.57. The lowest BCUT2D eigenvalue weighted by Gasteiger charge is -2.40. The molecule has 1 aromatic carbocycles. The number of rotatable bonds is 3. The third-order valence-corrected chi connectivity index (χ3v) is 7.12. The van der Waals surface area contributed by atoms with Gasteiger partial charge in [-0.25, -0.2) is 0 Å². The number of carbonyl (C=O) groups excluding carboxylic acids is 3. The fourth-order valence-corrected chi connectivity index (χ4v) is 5.76. The van der Waals surface area contributed by atoms with E-state index in [-0.39, 0.29) is 17.9 Å². The molecule has 0 aromatic heterocycles. The molecule has 1 aromatic rings. The van der Waals surface area contributed by atoms with Crippen molar-refractivity contribution in [1.29, 1.82) is 0 Å². The number of nitrogens with zero attached hydrogens (tertiary/aromatic N) is 2. The van der Waals surface area contributed by atoms with Crippen molar-refractivity contribution in [2.24, 2.45) is 5.73 Å². The Bertz CT molecular complexity index is 868. The summed E-state index contributed by atoms with van der Waals surface area (Å²) >= 11 is 0. The molecule has 3 atom stereocenters. The molecule has 1 saturated carbocycles. The van der Waals surface area contributed by atoms with Gasteiger partial charge in [0.25, 0.3) is 5.91 Å². The van der Waals surface area contributed by atoms with Crippen LogP contribution in [0.2, 0.25) is 0 Å². The predicted molar refractivity (Wildman–Crippen MR) is 109 cm³/mol. The highest BCUT2D eigenvalue weighted by atomic mass is 16.2. The lowest BCUT2D eigenvalue weighted by atomic mass is 9.68. The van der Waals surface area contributed by atoms with Crippen molar-refractivity contribution < 1.29 is 14.4 Å². The third kappa shape index (κ3) is 2.20. The number of carbonyl (C=O) groups is 3. The first-order valence-electron chi connectivity index (χ1n) is 10.3. The molecule has 1 aliphatic carbocycles. The van der Waals surface area contributed by atoms with Crippen LogP contribution in [0.4, 0.5) is 5.69 Å². The van der Waals surface area contributed by atoms with Crippen LogP contribution in [0.3, 0.4) is 0 Å². The Balaban J connectivity index is 2.02. The van der Waals surface area contributed by atoms with Gasteiger partial charge in [-0.3, -0.25) is 20.1 Å². The van der Waals surface area contributed by atoms with Gasteiger partial charge >= 0.3 is 0 Å². The number of para-hydroxylation sites is 1. The van der Waals surface area contributed by atoms with E-state index in [1.54, 1.807) is 16.8 Å². The first kappa shape index (κ1) is 19.7. The molecular weight excluding hydrogens is 370 g/mol. The fourth-order valence-electron chi connectivity index (χ4n) is 5.76. The summed E-state index contributed by atoms with van der Waals surface area (Å²) in [4.78, 5) is 44.1. The van der Waals surface area contributed by atoms with E-state index >= 15 is 0 Å². The molecule has 4 N–H and O–H groups in total. The van der Waals surface area contributed by atoms with Gasteiger partial charge in [0.05, 0.1) is 0 Å². The zero-order chi connectivity index (χ0) is 21.0. The van der Waals surface area contributed by atoms with Crippen LogP contribution in [-0.2, 0) is 19.8 Å². The largest absolute Gasteiger partial charge is 0.358 e. The molecule has 0 radical (unpaired) electrons. The molecule has 0 unspecified atom stereocenters. The predicted octanol–water partition coefficient (Wildman–Crippen LogP) is 0.0647. The zero-order valence-electron chi connectivity index (χ0n) is 17.2. The number of anilines is 1. The van der Waals surface area contributed by atoms with Crippen molar-refractivity contribution in [3.63, 3.8) is 0 Å². The van der Waals surface area contributed by atoms with Gasteiger partial charge in [0.2, 0.25) is 11.8 Å². The summed E-state index contributed by atoms with van der Waals surface area (Å²) in [6.07, 6.45) is 4.72. The smallest absolute Gasteiger partial charge is 0.265 e. The van der Waals surface area contributed by atoms with Crippen LogP contribution in [0.5, 0.6) is 0 Å². The van der Waals surface area contributed by atoms with Crippen molar-refractivity contribution >= 4 is 23.4 Å². The number of fused-ring (bicyclic) bond motifs is 3. The van der Waals surface area contributed by atoms with Crippen molar-refractivity contribution in [2.75, 3.05) is 26.0 Å². The molecular formula is C21H29N5O3. The Labute approximate surface area is 170 Å². The monoisotopic (exact) mass is 399 g/mol. The van der Waals surface area contributed by atoms with E-state index < -0.39 is 23.0 Å². The normalized spacial score (nSPS) is 31.4. The van der Waals surface area contributed by atoms with E-state index in [0.29, 0.717) is 11.3 Å². The van der Waals surface area contributed by atoms with Gasteiger partial charge in [-0.1, -0.05) is 37.5 Å². The summed E-state index contributed by atoms with van der Waals surface area (Å²) in [5.74, 6) is -1.15. The molecule has 0 bridgehead atoms. The SMILES string of the molecule is CNC(=O)[C@@H]1N(C2CCCCC2)C(=O)[C@@]2(N)N(C)c3ccccc3[C@]12C(=O)NC. The van der Waals surface area contributed by atoms with Gasteiger partial charge in [-0.15, -0.1) is 0 Å². The van der Waals surface area contributed by atoms with Crippen molar-refractivity contribution in [2.45, 2.75) is 55.3 Å². The number of likely N-dealkylation sites (N-methyl/N-ethyl adjacent to an activating group) is 3. The molecule has 156 valence electrons. The minimum absolute atomic E-state index is 0.105. The molecule has 8 nitrogen and oxygen atoms in total. The second-order valence-electron chi connectivity index (χ2n) is 8.25. The van der Waals surface area contributed by atoms with E-state index in [9.17, 15) is 14.4 Å². The summed E-state index contributed by atoms with van der Waals surface area (Å²) in [6, 6.07) is 6.19. The highest BCUT2D eigenvalue weighted by molar-refractivity contribution is 6.14. The Kier molecular flexibility index (Phi) is 4.57. The van der Waals surface area contributed by atoms with Crippen LogP contribution in [-0.4, -0.2) is 61.5 Å². The average Bonchev–Trinajstić information content (AvgIpc) is 3.10. The van der Waals surface area contributed by atoms with Gasteiger partial charge in [0, 0.05) is 32.9 Å². The second-order valence-corrected chi connectivity index (χ2v) is 8.25. The molecule has 4 rings (SSSR count). The topological polar surface area (TPSA) is 108 Å². The Morgan fingerprint density at radius 2 is 1.76 bits per heavy atom. The maximum atomic E-state index is 13.9. The molecule has 29 heavy (non-hydrogen) atoms. The Morgan fingerprint density at radius 3 is 2.38 bits per heavy atom. The maximum Gasteiger partial charge on any atom is 0.265 e. The first-order valence-corrected chi connectivity index (χ1v) is 10.3. The highest BCUT2D eigenvalue weighted by Gasteiger charge is 2.79. The molecule has 3 aliphatic rings. The van der Waals surface area contributed by atoms with Crippen molar-refractivity contribution in [3.8, 4) is 0 Å². The molecule has 2 aliphatic heterocycles. The van der Waals surface area contributed by atoms with Gasteiger partial charge in [-0.2, -0.15) is 0 Å². The van der Waals surface area contributed by atoms with Crippen LogP contribution in [0, 0.1) is 0 Å². The summed E-state index contributed by atoms with van der Waals surface area (Å²) in [7, 11) is 4.78. The van der Waals surface area contributed by atoms with Crippen LogP contribution >= 0.6 is 0 Å². The molecule has 2 fully saturated rings. The molecule has 1 saturated heterocycles. The number of hydrogen-bond acceptors (Lipinski definition) is 5. The van der Waals surface area contributed by atoms with Crippen molar-refractivity contribution in [1.82, 2.24) is 15.5 Å². The van der Waals surface area contributed by atoms with Gasteiger partial charge in [-0.05, 0) is 24.5 Å². The number of amides is 3. The zero-order valence-corrected chi connectivity index (χ0v) is 17.2. The summed E-state index contributed by atoms with van der Waals surface area (Å²) in [6.45, 7) is 0. The Hall–Kier alpha value is -2.61. The standard InChI is InChI=1S/C21H29N5O3/c1-23-17(27)16-20(18(28)24-2)14-11-7-8-12-15(14)25(3)21(20,22)19(29)26(16)13-9-5-4-6-10-13/h7-8,11-13,16H,4-6,9-10,22H2,1-3H3,(H,23,27)(H,24,28)/t16-,20+,21+/m0/s1. The molecule has 0 spiro atoms. The van der Waals surface area contributed by atoms with Crippen LogP contribution in [0.15, 0.2) is 24.3 Å². The summed E-state index contributed by atoms with van der Waals surface area (Å²) < 4.78 is 0. The van der Waals surface area contributed by atoms with E-state index in [1.165, 1.54) is 14.1 Å². The van der Waals surface area contributed by atoms with E-state index in [0.717, 1.165) is 32.1 Å². The van der Waals surface area contributed by atoms with Crippen LogP contribution in [0.1, 0.15) is 37.7 Å². The quantitative estimate of drug-likeness (QED) is 0.666. The van der Waals surface area contributed by atoms with E-state index in [1.807, 2.05) is 24.3 Å². The third-order valence-electron chi connectivity index (χ3n) is 7.12. The second kappa shape index (κ2) is 6.73. The average molecular weight is 399 g/mol. The summed E-state index contributed by atoms with van der Waals surface area (Å²) in [5, 5.41) is 5.39. The summed E-state index contributed by atoms with van der Waals surface area (Å²) in [5.41, 5.74) is 4.99. The van der Waals surface area contributed by atoms with Gasteiger partial charge in [0.15, 0.2) is 11.1 Å². The number of hydrogen-bond donors (Lipinski definition) is 3. The van der Waals surface area contributed by atoms with E-state index in [2.05, 4.69) is 10.6 Å². The lowest BCUT2D eigenvalue weighted by molar-refractivity contribution is -0.140. The fraction of sp³-hybridized carbons (Fsp3) is 0.571. The number of nitrogens with two attached hydrogens (primary N) is 1. The number of nitrogens with one attached hydrogen (secondary N) is 2. The molecule has 3 amide bonds. The minimum atomic E-state index is -1.68. The van der Waals surface area contributed by atoms with Crippen molar-refractivity contribution in [3.05, 3.63) is 29.8 Å². The lowest BCUT2D eigenvalue weighted by Crippen LogP contribution is -2.72. The Morgan fingerprint density at radius 1 is 1.10 bits per heavy atom. The van der Waals surface area contributed by atoms with Crippen LogP contribution in [0.25, 0.3) is 0 Å². The minimum Gasteiger partial charge on any atom is -0.358 e. The number of benzene rings is 1. The molecule has 2 heterocycles. The molecule has 8 heteroatoms.